The Kier molecular flexibility index (Phi) is 5.33. The van der Waals surface area contributed by atoms with E-state index in [1.54, 1.807) is 0 Å². The second-order valence-electron chi connectivity index (χ2n) is 1.77. The van der Waals surface area contributed by atoms with Crippen LogP contribution in [0.2, 0.25) is 0 Å². The molecule has 0 amide bonds. The molecule has 0 unspecified atom stereocenters. The maximum Gasteiger partial charge on any atom is 0.0638 e. The van der Waals surface area contributed by atoms with Crippen LogP contribution < -0.4 is 11.3 Å². The van der Waals surface area contributed by atoms with Crippen molar-refractivity contribution in [2.75, 3.05) is 5.43 Å². The molecule has 0 radical (unpaired) electrons. The van der Waals surface area contributed by atoms with Crippen molar-refractivity contribution in [3.63, 3.8) is 0 Å². The molecule has 1 aromatic rings. The standard InChI is InChI=1S/C6H6Br2N2.BrH/c7-4-1-2-5(8)6(3-4)10-9;/h1-3,10H,9H2;1H. The van der Waals surface area contributed by atoms with Gasteiger partial charge in [0.05, 0.1) is 5.69 Å². The molecule has 1 rings (SSSR count). The van der Waals surface area contributed by atoms with E-state index >= 15 is 0 Å². The first-order chi connectivity index (χ1) is 4.74. The molecule has 62 valence electrons. The molecule has 0 bridgehead atoms. The molecule has 0 saturated carbocycles. The van der Waals surface area contributed by atoms with Crippen LogP contribution in [-0.2, 0) is 0 Å². The monoisotopic (exact) mass is 344 g/mol. The molecule has 0 aromatic heterocycles. The second kappa shape index (κ2) is 5.13. The van der Waals surface area contributed by atoms with Crippen molar-refractivity contribution in [2.24, 2.45) is 5.84 Å². The van der Waals surface area contributed by atoms with Crippen LogP contribution in [0.5, 0.6) is 0 Å². The normalized spacial score (nSPS) is 8.64. The summed E-state index contributed by atoms with van der Waals surface area (Å²) in [5.41, 5.74) is 3.43. The van der Waals surface area contributed by atoms with Crippen LogP contribution in [-0.4, -0.2) is 0 Å². The maximum atomic E-state index is 5.22. The smallest absolute Gasteiger partial charge is 0.0638 e. The van der Waals surface area contributed by atoms with Gasteiger partial charge in [-0.1, -0.05) is 15.9 Å². The summed E-state index contributed by atoms with van der Waals surface area (Å²) in [6.45, 7) is 0. The van der Waals surface area contributed by atoms with E-state index in [4.69, 9.17) is 5.84 Å². The predicted octanol–water partition coefficient (Wildman–Crippen LogP) is 3.08. The van der Waals surface area contributed by atoms with Gasteiger partial charge < -0.3 is 5.43 Å². The van der Waals surface area contributed by atoms with E-state index < -0.39 is 0 Å². The SMILES string of the molecule is Br.NNc1cc(Br)ccc1Br. The van der Waals surface area contributed by atoms with Gasteiger partial charge in [-0.3, -0.25) is 5.84 Å². The van der Waals surface area contributed by atoms with E-state index in [9.17, 15) is 0 Å². The highest BCUT2D eigenvalue weighted by Gasteiger charge is 1.96. The van der Waals surface area contributed by atoms with Crippen LogP contribution in [0.25, 0.3) is 0 Å². The van der Waals surface area contributed by atoms with Gasteiger partial charge in [0.2, 0.25) is 0 Å². The number of hydrazine groups is 1. The van der Waals surface area contributed by atoms with E-state index in [0.29, 0.717) is 0 Å². The van der Waals surface area contributed by atoms with Crippen molar-refractivity contribution in [2.45, 2.75) is 0 Å². The van der Waals surface area contributed by atoms with Crippen molar-refractivity contribution in [1.82, 2.24) is 0 Å². The highest BCUT2D eigenvalue weighted by Crippen LogP contribution is 2.24. The fraction of sp³-hybridized carbons (Fsp3) is 0. The van der Waals surface area contributed by atoms with Gasteiger partial charge in [-0.25, -0.2) is 0 Å². The third-order valence-corrected chi connectivity index (χ3v) is 2.27. The number of rotatable bonds is 1. The van der Waals surface area contributed by atoms with Crippen molar-refractivity contribution >= 4 is 54.5 Å². The highest BCUT2D eigenvalue weighted by atomic mass is 79.9. The van der Waals surface area contributed by atoms with E-state index in [0.717, 1.165) is 14.6 Å². The van der Waals surface area contributed by atoms with Gasteiger partial charge >= 0.3 is 0 Å². The largest absolute Gasteiger partial charge is 0.323 e. The molecular weight excluding hydrogens is 340 g/mol. The zero-order chi connectivity index (χ0) is 7.56. The first kappa shape index (κ1) is 11.4. The molecule has 2 nitrogen and oxygen atoms in total. The van der Waals surface area contributed by atoms with Gasteiger partial charge in [0.15, 0.2) is 0 Å². The van der Waals surface area contributed by atoms with Crippen LogP contribution in [0.3, 0.4) is 0 Å². The third-order valence-electron chi connectivity index (χ3n) is 1.08. The Morgan fingerprint density at radius 3 is 2.36 bits per heavy atom. The molecule has 3 N–H and O–H groups in total. The molecule has 11 heavy (non-hydrogen) atoms. The number of hydrogen-bond donors (Lipinski definition) is 2. The zero-order valence-corrected chi connectivity index (χ0v) is 10.4. The second-order valence-corrected chi connectivity index (χ2v) is 3.54. The molecule has 0 aliphatic heterocycles. The van der Waals surface area contributed by atoms with Gasteiger partial charge in [0, 0.05) is 8.95 Å². The van der Waals surface area contributed by atoms with Gasteiger partial charge in [0.25, 0.3) is 0 Å². The molecule has 0 saturated heterocycles. The Hall–Kier alpha value is 0.420. The summed E-state index contributed by atoms with van der Waals surface area (Å²) < 4.78 is 1.96. The van der Waals surface area contributed by atoms with E-state index in [1.165, 1.54) is 0 Å². The Labute approximate surface area is 92.5 Å². The lowest BCUT2D eigenvalue weighted by Crippen LogP contribution is -2.06. The molecule has 0 heterocycles. The van der Waals surface area contributed by atoms with Crippen LogP contribution >= 0.6 is 48.8 Å². The minimum Gasteiger partial charge on any atom is -0.323 e. The molecule has 0 aliphatic rings. The lowest BCUT2D eigenvalue weighted by atomic mass is 10.3. The number of benzene rings is 1. The quantitative estimate of drug-likeness (QED) is 0.606. The van der Waals surface area contributed by atoms with E-state index in [1.807, 2.05) is 18.2 Å². The lowest BCUT2D eigenvalue weighted by Gasteiger charge is -2.01. The topological polar surface area (TPSA) is 38.0 Å². The first-order valence-electron chi connectivity index (χ1n) is 2.65. The van der Waals surface area contributed by atoms with Gasteiger partial charge in [-0.05, 0) is 34.1 Å². The van der Waals surface area contributed by atoms with E-state index in [-0.39, 0.29) is 17.0 Å². The van der Waals surface area contributed by atoms with Gasteiger partial charge in [0.1, 0.15) is 0 Å². The maximum absolute atomic E-state index is 5.22. The van der Waals surface area contributed by atoms with Crippen LogP contribution in [0.1, 0.15) is 0 Å². The summed E-state index contributed by atoms with van der Waals surface area (Å²) in [4.78, 5) is 0. The minimum absolute atomic E-state index is 0. The minimum atomic E-state index is 0. The molecule has 0 spiro atoms. The van der Waals surface area contributed by atoms with Gasteiger partial charge in [-0.15, -0.1) is 17.0 Å². The first-order valence-corrected chi connectivity index (χ1v) is 4.24. The number of halogens is 3. The van der Waals surface area contributed by atoms with Crippen molar-refractivity contribution in [1.29, 1.82) is 0 Å². The predicted molar refractivity (Wildman–Crippen MR) is 60.0 cm³/mol. The lowest BCUT2D eigenvalue weighted by molar-refractivity contribution is 1.34. The third kappa shape index (κ3) is 3.11. The van der Waals surface area contributed by atoms with Crippen molar-refractivity contribution in [3.05, 3.63) is 27.1 Å². The molecule has 0 fully saturated rings. The molecule has 0 aliphatic carbocycles. The summed E-state index contributed by atoms with van der Waals surface area (Å²) in [6.07, 6.45) is 0. The Morgan fingerprint density at radius 2 is 1.91 bits per heavy atom. The molecular formula is C6H7Br3N2. The number of hydrogen-bond acceptors (Lipinski definition) is 2. The van der Waals surface area contributed by atoms with Crippen LogP contribution in [0, 0.1) is 0 Å². The summed E-state index contributed by atoms with van der Waals surface area (Å²) >= 11 is 6.65. The van der Waals surface area contributed by atoms with Crippen molar-refractivity contribution < 1.29 is 0 Å². The van der Waals surface area contributed by atoms with Crippen molar-refractivity contribution in [3.8, 4) is 0 Å². The average Bonchev–Trinajstić information content (AvgIpc) is 1.94. The summed E-state index contributed by atoms with van der Waals surface area (Å²) in [6, 6.07) is 5.74. The number of nitrogens with one attached hydrogen (secondary N) is 1. The van der Waals surface area contributed by atoms with E-state index in [2.05, 4.69) is 37.3 Å². The Bertz CT molecular complexity index is 239. The fourth-order valence-corrected chi connectivity index (χ4v) is 1.33. The Morgan fingerprint density at radius 1 is 1.27 bits per heavy atom. The summed E-state index contributed by atoms with van der Waals surface area (Å²) in [7, 11) is 0. The fourth-order valence-electron chi connectivity index (χ4n) is 0.608. The van der Waals surface area contributed by atoms with Gasteiger partial charge in [-0.2, -0.15) is 0 Å². The molecule has 5 heteroatoms. The highest BCUT2D eigenvalue weighted by molar-refractivity contribution is 9.11. The van der Waals surface area contributed by atoms with Crippen LogP contribution in [0.4, 0.5) is 5.69 Å². The molecule has 1 aromatic carbocycles. The zero-order valence-electron chi connectivity index (χ0n) is 5.47. The van der Waals surface area contributed by atoms with Crippen LogP contribution in [0.15, 0.2) is 27.1 Å². The summed E-state index contributed by atoms with van der Waals surface area (Å²) in [5, 5.41) is 0. The average molecular weight is 347 g/mol. The summed E-state index contributed by atoms with van der Waals surface area (Å²) in [5.74, 6) is 5.22. The molecule has 0 atom stereocenters. The Balaban J connectivity index is 0.000001000. The number of anilines is 1. The number of nitrogen functional groups attached to an aromatic ring is 1. The number of nitrogens with two attached hydrogens (primary N) is 1.